The van der Waals surface area contributed by atoms with Gasteiger partial charge < -0.3 is 14.6 Å². The number of nitrogens with zero attached hydrogens (tertiary/aromatic N) is 2. The summed E-state index contributed by atoms with van der Waals surface area (Å²) in [5, 5.41) is 24.2. The first-order valence-corrected chi connectivity index (χ1v) is 11.4. The Hall–Kier alpha value is -3.88. The molecule has 0 unspecified atom stereocenters. The fourth-order valence-corrected chi connectivity index (χ4v) is 4.62. The molecular formula is C25H16ClFN2O4S. The van der Waals surface area contributed by atoms with Crippen molar-refractivity contribution in [1.29, 1.82) is 0 Å². The molecule has 9 heteroatoms. The van der Waals surface area contributed by atoms with Gasteiger partial charge in [-0.25, -0.2) is 9.37 Å². The van der Waals surface area contributed by atoms with Crippen molar-refractivity contribution in [2.24, 2.45) is 0 Å². The summed E-state index contributed by atoms with van der Waals surface area (Å²) in [5.74, 6) is -2.23. The Morgan fingerprint density at radius 1 is 1.09 bits per heavy atom. The molecule has 0 saturated heterocycles. The number of carbonyl (C=O) groups is 1. The number of rotatable bonds is 5. The molecule has 5 rings (SSSR count). The quantitative estimate of drug-likeness (QED) is 0.268. The van der Waals surface area contributed by atoms with E-state index in [1.54, 1.807) is 48.7 Å². The van der Waals surface area contributed by atoms with Crippen LogP contribution in [0.3, 0.4) is 0 Å². The minimum absolute atomic E-state index is 0.00738. The maximum absolute atomic E-state index is 14.9. The molecule has 0 spiro atoms. The summed E-state index contributed by atoms with van der Waals surface area (Å²) in [6.45, 7) is 1.67. The van der Waals surface area contributed by atoms with Gasteiger partial charge in [0.05, 0.1) is 17.0 Å². The summed E-state index contributed by atoms with van der Waals surface area (Å²) in [6.07, 6.45) is 0. The molecule has 5 aromatic rings. The molecule has 0 atom stereocenters. The van der Waals surface area contributed by atoms with Gasteiger partial charge in [0.2, 0.25) is 11.7 Å². The minimum atomic E-state index is -0.701. The first-order valence-electron chi connectivity index (χ1n) is 10.1. The predicted molar refractivity (Wildman–Crippen MR) is 127 cm³/mol. The first kappa shape index (κ1) is 21.9. The van der Waals surface area contributed by atoms with E-state index in [2.05, 4.69) is 4.98 Å². The second kappa shape index (κ2) is 8.48. The number of hydrogen-bond donors (Lipinski definition) is 2. The van der Waals surface area contributed by atoms with Crippen LogP contribution in [0, 0.1) is 12.7 Å². The van der Waals surface area contributed by atoms with Crippen LogP contribution in [-0.4, -0.2) is 25.5 Å². The van der Waals surface area contributed by atoms with E-state index in [1.165, 1.54) is 28.8 Å². The second-order valence-electron chi connectivity index (χ2n) is 7.47. The van der Waals surface area contributed by atoms with Gasteiger partial charge in [-0.1, -0.05) is 35.9 Å². The van der Waals surface area contributed by atoms with Crippen LogP contribution in [-0.2, 0) is 0 Å². The summed E-state index contributed by atoms with van der Waals surface area (Å²) in [7, 11) is 0. The van der Waals surface area contributed by atoms with E-state index < -0.39 is 23.2 Å². The average Bonchev–Trinajstić information content (AvgIpc) is 3.53. The van der Waals surface area contributed by atoms with Crippen molar-refractivity contribution in [2.75, 3.05) is 0 Å². The molecule has 0 radical (unpaired) electrons. The van der Waals surface area contributed by atoms with E-state index in [4.69, 9.17) is 16.0 Å². The molecule has 170 valence electrons. The van der Waals surface area contributed by atoms with Crippen LogP contribution in [0.2, 0.25) is 5.02 Å². The number of aryl methyl sites for hydroxylation is 1. The lowest BCUT2D eigenvalue weighted by Crippen LogP contribution is -2.05. The summed E-state index contributed by atoms with van der Waals surface area (Å²) < 4.78 is 21.5. The topological polar surface area (TPSA) is 88.5 Å². The van der Waals surface area contributed by atoms with Crippen LogP contribution in [0.1, 0.15) is 21.9 Å². The highest BCUT2D eigenvalue weighted by atomic mass is 35.5. The van der Waals surface area contributed by atoms with Crippen molar-refractivity contribution in [1.82, 2.24) is 9.55 Å². The second-order valence-corrected chi connectivity index (χ2v) is 8.75. The normalized spacial score (nSPS) is 11.1. The minimum Gasteiger partial charge on any atom is -0.503 e. The van der Waals surface area contributed by atoms with Crippen molar-refractivity contribution in [3.8, 4) is 39.3 Å². The highest BCUT2D eigenvalue weighted by molar-refractivity contribution is 7.12. The lowest BCUT2D eigenvalue weighted by molar-refractivity contribution is 0.101. The molecule has 2 aromatic carbocycles. The fourth-order valence-electron chi connectivity index (χ4n) is 3.66. The Kier molecular flexibility index (Phi) is 5.47. The highest BCUT2D eigenvalue weighted by Crippen LogP contribution is 2.45. The molecule has 0 aliphatic carbocycles. The molecule has 34 heavy (non-hydrogen) atoms. The molecule has 0 bridgehead atoms. The van der Waals surface area contributed by atoms with Crippen molar-refractivity contribution in [3.63, 3.8) is 0 Å². The van der Waals surface area contributed by atoms with Gasteiger partial charge in [-0.15, -0.1) is 11.3 Å². The molecule has 6 nitrogen and oxygen atoms in total. The third-order valence-electron chi connectivity index (χ3n) is 5.26. The van der Waals surface area contributed by atoms with E-state index in [1.807, 2.05) is 0 Å². The van der Waals surface area contributed by atoms with Gasteiger partial charge in [0.1, 0.15) is 11.6 Å². The van der Waals surface area contributed by atoms with Crippen LogP contribution in [0.5, 0.6) is 11.6 Å². The summed E-state index contributed by atoms with van der Waals surface area (Å²) in [5.41, 5.74) is 1.04. The average molecular weight is 495 g/mol. The van der Waals surface area contributed by atoms with E-state index in [0.29, 0.717) is 16.5 Å². The van der Waals surface area contributed by atoms with Gasteiger partial charge in [-0.3, -0.25) is 9.36 Å². The molecule has 0 aliphatic heterocycles. The summed E-state index contributed by atoms with van der Waals surface area (Å²) in [6, 6.07) is 15.9. The van der Waals surface area contributed by atoms with E-state index in [-0.39, 0.29) is 27.7 Å². The standard InChI is InChI=1S/C25H16ClFN2O4S/c1-13-6-11-19(33-13)22(30)20-21(16-4-2-3-5-17(16)27)29(24(32)23(20)31)25-28-18(12-34-25)14-7-9-15(26)10-8-14/h2-12,31-32H,1H3. The number of thiazole rings is 1. The van der Waals surface area contributed by atoms with Gasteiger partial charge in [0, 0.05) is 21.5 Å². The zero-order chi connectivity index (χ0) is 24.0. The molecule has 0 amide bonds. The molecule has 3 heterocycles. The molecule has 3 aromatic heterocycles. The predicted octanol–water partition coefficient (Wildman–Crippen LogP) is 6.60. The van der Waals surface area contributed by atoms with E-state index >= 15 is 0 Å². The summed E-state index contributed by atoms with van der Waals surface area (Å²) in [4.78, 5) is 17.9. The zero-order valence-electron chi connectivity index (χ0n) is 17.6. The monoisotopic (exact) mass is 494 g/mol. The number of aromatic nitrogens is 2. The fraction of sp³-hybridized carbons (Fsp3) is 0.0400. The van der Waals surface area contributed by atoms with Crippen molar-refractivity contribution >= 4 is 28.7 Å². The van der Waals surface area contributed by atoms with Crippen LogP contribution in [0.15, 0.2) is 70.5 Å². The Morgan fingerprint density at radius 2 is 1.82 bits per heavy atom. The van der Waals surface area contributed by atoms with Crippen LogP contribution in [0.25, 0.3) is 27.6 Å². The highest BCUT2D eigenvalue weighted by Gasteiger charge is 2.33. The molecule has 0 aliphatic rings. The lowest BCUT2D eigenvalue weighted by Gasteiger charge is -2.10. The van der Waals surface area contributed by atoms with Gasteiger partial charge in [-0.05, 0) is 43.3 Å². The molecule has 0 saturated carbocycles. The van der Waals surface area contributed by atoms with Gasteiger partial charge in [0.15, 0.2) is 16.6 Å². The maximum Gasteiger partial charge on any atom is 0.242 e. The number of aromatic hydroxyl groups is 2. The van der Waals surface area contributed by atoms with E-state index in [0.717, 1.165) is 16.9 Å². The first-order chi connectivity index (χ1) is 16.3. The summed E-state index contributed by atoms with van der Waals surface area (Å²) >= 11 is 7.12. The molecule has 0 fully saturated rings. The van der Waals surface area contributed by atoms with Crippen molar-refractivity contribution in [2.45, 2.75) is 6.92 Å². The largest absolute Gasteiger partial charge is 0.503 e. The van der Waals surface area contributed by atoms with E-state index in [9.17, 15) is 19.4 Å². The Labute approximate surface area is 202 Å². The SMILES string of the molecule is Cc1ccc(C(=O)c2c(O)c(O)n(-c3nc(-c4ccc(Cl)cc4)cs3)c2-c2ccccc2F)o1. The number of ketones is 1. The maximum atomic E-state index is 14.9. The Balaban J connectivity index is 1.74. The number of benzene rings is 2. The lowest BCUT2D eigenvalue weighted by atomic mass is 10.0. The van der Waals surface area contributed by atoms with Crippen LogP contribution in [0.4, 0.5) is 4.39 Å². The molecular weight excluding hydrogens is 479 g/mol. The Morgan fingerprint density at radius 3 is 2.50 bits per heavy atom. The smallest absolute Gasteiger partial charge is 0.242 e. The van der Waals surface area contributed by atoms with Crippen LogP contribution < -0.4 is 0 Å². The number of furan rings is 1. The number of halogens is 2. The van der Waals surface area contributed by atoms with Crippen LogP contribution >= 0.6 is 22.9 Å². The third-order valence-corrected chi connectivity index (χ3v) is 6.34. The number of hydrogen-bond acceptors (Lipinski definition) is 6. The third kappa shape index (κ3) is 3.67. The van der Waals surface area contributed by atoms with Gasteiger partial charge >= 0.3 is 0 Å². The Bertz CT molecular complexity index is 1540. The van der Waals surface area contributed by atoms with Gasteiger partial charge in [-0.2, -0.15) is 0 Å². The van der Waals surface area contributed by atoms with Crippen molar-refractivity contribution < 1.29 is 23.8 Å². The molecule has 2 N–H and O–H groups in total. The zero-order valence-corrected chi connectivity index (χ0v) is 19.2. The van der Waals surface area contributed by atoms with Gasteiger partial charge in [0.25, 0.3) is 0 Å². The number of carbonyl (C=O) groups excluding carboxylic acids is 1. The van der Waals surface area contributed by atoms with Crippen molar-refractivity contribution in [3.05, 3.63) is 94.0 Å².